The van der Waals surface area contributed by atoms with Crippen LogP contribution in [0.1, 0.15) is 0 Å². The molecule has 0 spiro atoms. The fourth-order valence-corrected chi connectivity index (χ4v) is 0.739. The van der Waals surface area contributed by atoms with Crippen LogP contribution in [0.3, 0.4) is 0 Å². The summed E-state index contributed by atoms with van der Waals surface area (Å²) < 4.78 is 10.6. The maximum absolute atomic E-state index is 10.6. The Morgan fingerprint density at radius 3 is 2.67 bits per heavy atom. The van der Waals surface area contributed by atoms with E-state index in [1.807, 2.05) is 0 Å². The lowest BCUT2D eigenvalue weighted by molar-refractivity contribution is 0.588. The third-order valence-corrected chi connectivity index (χ3v) is 1.42. The van der Waals surface area contributed by atoms with Crippen molar-refractivity contribution in [1.29, 1.82) is 0 Å². The molecule has 0 aliphatic rings. The van der Waals surface area contributed by atoms with Gasteiger partial charge in [0.2, 0.25) is 0 Å². The quantitative estimate of drug-likeness (QED) is 0.502. The summed E-state index contributed by atoms with van der Waals surface area (Å²) in [5, 5.41) is 7.29. The first-order chi connectivity index (χ1) is 4.30. The van der Waals surface area contributed by atoms with Crippen molar-refractivity contribution in [3.8, 4) is 0 Å². The molecule has 4 nitrogen and oxygen atoms in total. The molecule has 0 bridgehead atoms. The van der Waals surface area contributed by atoms with Gasteiger partial charge < -0.3 is 4.55 Å². The fraction of sp³-hybridized carbons (Fsp3) is 0.250. The van der Waals surface area contributed by atoms with E-state index in [0.29, 0.717) is 0 Å². The number of nitrogens with zero attached hydrogens (tertiary/aromatic N) is 3. The van der Waals surface area contributed by atoms with Gasteiger partial charge in [0.25, 0.3) is 0 Å². The summed E-state index contributed by atoms with van der Waals surface area (Å²) in [7, 11) is 0. The Hall–Kier alpha value is -0.680. The molecule has 0 radical (unpaired) electrons. The van der Waals surface area contributed by atoms with E-state index in [4.69, 9.17) is 0 Å². The van der Waals surface area contributed by atoms with Gasteiger partial charge in [-0.1, -0.05) is 5.10 Å². The van der Waals surface area contributed by atoms with Gasteiger partial charge in [-0.25, -0.2) is 0 Å². The molecule has 1 rings (SSSR count). The summed E-state index contributed by atoms with van der Waals surface area (Å²) >= 11 is -1.11. The standard InChI is InChI=1S/C4H5N3OS/c1-9(8)4-5-2-3-6-7-4/h2-3H,1H3. The van der Waals surface area contributed by atoms with Crippen molar-refractivity contribution in [3.63, 3.8) is 0 Å². The van der Waals surface area contributed by atoms with Crippen LogP contribution < -0.4 is 0 Å². The zero-order chi connectivity index (χ0) is 6.69. The van der Waals surface area contributed by atoms with Crippen molar-refractivity contribution in [1.82, 2.24) is 15.2 Å². The van der Waals surface area contributed by atoms with E-state index in [2.05, 4.69) is 15.2 Å². The van der Waals surface area contributed by atoms with Gasteiger partial charge in [-0.3, -0.25) is 0 Å². The van der Waals surface area contributed by atoms with Crippen LogP contribution in [0.15, 0.2) is 17.6 Å². The molecule has 5 heteroatoms. The van der Waals surface area contributed by atoms with Crippen molar-refractivity contribution < 1.29 is 4.55 Å². The Labute approximate surface area is 55.5 Å². The first-order valence-corrected chi connectivity index (χ1v) is 3.83. The van der Waals surface area contributed by atoms with Crippen LogP contribution in [0.4, 0.5) is 0 Å². The normalized spacial score (nSPS) is 13.1. The molecule has 1 unspecified atom stereocenters. The minimum Gasteiger partial charge on any atom is -0.609 e. The highest BCUT2D eigenvalue weighted by Crippen LogP contribution is 1.94. The van der Waals surface area contributed by atoms with E-state index < -0.39 is 11.2 Å². The lowest BCUT2D eigenvalue weighted by atomic mass is 10.9. The minimum absolute atomic E-state index is 0.275. The van der Waals surface area contributed by atoms with E-state index in [-0.39, 0.29) is 5.16 Å². The summed E-state index contributed by atoms with van der Waals surface area (Å²) in [5.41, 5.74) is 0. The molecule has 1 atom stereocenters. The summed E-state index contributed by atoms with van der Waals surface area (Å²) in [5.74, 6) is 0. The molecule has 0 saturated carbocycles. The number of rotatable bonds is 1. The van der Waals surface area contributed by atoms with Crippen LogP contribution in [0.5, 0.6) is 0 Å². The van der Waals surface area contributed by atoms with Gasteiger partial charge in [0.05, 0.1) is 12.4 Å². The molecule has 0 amide bonds. The third-order valence-electron chi connectivity index (χ3n) is 0.719. The molecular weight excluding hydrogens is 138 g/mol. The van der Waals surface area contributed by atoms with Gasteiger partial charge in [-0.2, -0.15) is 10.1 Å². The molecule has 1 aromatic heterocycles. The van der Waals surface area contributed by atoms with E-state index >= 15 is 0 Å². The molecule has 0 N–H and O–H groups in total. The molecule has 9 heavy (non-hydrogen) atoms. The summed E-state index contributed by atoms with van der Waals surface area (Å²) in [6.45, 7) is 0. The highest BCUT2D eigenvalue weighted by atomic mass is 32.2. The Morgan fingerprint density at radius 2 is 2.33 bits per heavy atom. The van der Waals surface area contributed by atoms with Crippen molar-refractivity contribution >= 4 is 11.2 Å². The van der Waals surface area contributed by atoms with Gasteiger partial charge in [0, 0.05) is 11.2 Å². The SMILES string of the molecule is C[S+]([O-])c1nccnn1. The zero-order valence-electron chi connectivity index (χ0n) is 4.81. The molecule has 0 saturated heterocycles. The fourth-order valence-electron chi connectivity index (χ4n) is 0.367. The monoisotopic (exact) mass is 143 g/mol. The highest BCUT2D eigenvalue weighted by Gasteiger charge is 2.04. The molecule has 1 aromatic rings. The molecule has 0 aromatic carbocycles. The zero-order valence-corrected chi connectivity index (χ0v) is 5.63. The van der Waals surface area contributed by atoms with E-state index in [9.17, 15) is 4.55 Å². The second-order valence-electron chi connectivity index (χ2n) is 1.38. The van der Waals surface area contributed by atoms with Crippen LogP contribution in [0, 0.1) is 0 Å². The van der Waals surface area contributed by atoms with Crippen molar-refractivity contribution in [2.45, 2.75) is 5.16 Å². The Balaban J connectivity index is 2.85. The first kappa shape index (κ1) is 6.44. The van der Waals surface area contributed by atoms with Crippen molar-refractivity contribution in [2.24, 2.45) is 0 Å². The van der Waals surface area contributed by atoms with Gasteiger partial charge in [-0.05, 0) is 0 Å². The molecule has 0 fully saturated rings. The molecule has 1 heterocycles. The average molecular weight is 143 g/mol. The van der Waals surface area contributed by atoms with Crippen LogP contribution in [-0.2, 0) is 11.2 Å². The van der Waals surface area contributed by atoms with Crippen molar-refractivity contribution in [3.05, 3.63) is 12.4 Å². The Kier molecular flexibility index (Phi) is 1.96. The molecule has 0 aliphatic heterocycles. The Bertz CT molecular complexity index is 178. The van der Waals surface area contributed by atoms with Crippen LogP contribution in [-0.4, -0.2) is 26.0 Å². The number of aromatic nitrogens is 3. The van der Waals surface area contributed by atoms with E-state index in [1.54, 1.807) is 0 Å². The number of hydrogen-bond acceptors (Lipinski definition) is 4. The maximum atomic E-state index is 10.6. The lowest BCUT2D eigenvalue weighted by Crippen LogP contribution is -2.03. The van der Waals surface area contributed by atoms with Crippen LogP contribution in [0.25, 0.3) is 0 Å². The molecular formula is C4H5N3OS. The van der Waals surface area contributed by atoms with Crippen LogP contribution in [0.2, 0.25) is 0 Å². The third kappa shape index (κ3) is 1.62. The average Bonchev–Trinajstić information content (AvgIpc) is 1.90. The van der Waals surface area contributed by atoms with Gasteiger partial charge >= 0.3 is 5.16 Å². The van der Waals surface area contributed by atoms with Gasteiger partial charge in [-0.15, -0.1) is 0 Å². The summed E-state index contributed by atoms with van der Waals surface area (Å²) in [4.78, 5) is 3.70. The summed E-state index contributed by atoms with van der Waals surface area (Å²) in [6.07, 6.45) is 4.41. The van der Waals surface area contributed by atoms with Gasteiger partial charge in [0.1, 0.15) is 6.26 Å². The minimum atomic E-state index is -1.11. The van der Waals surface area contributed by atoms with E-state index in [0.717, 1.165) is 0 Å². The summed E-state index contributed by atoms with van der Waals surface area (Å²) in [6, 6.07) is 0. The number of hydrogen-bond donors (Lipinski definition) is 0. The molecule has 48 valence electrons. The van der Waals surface area contributed by atoms with Gasteiger partial charge in [0.15, 0.2) is 0 Å². The lowest BCUT2D eigenvalue weighted by Gasteiger charge is -1.96. The molecule has 0 aliphatic carbocycles. The maximum Gasteiger partial charge on any atom is 0.361 e. The first-order valence-electron chi connectivity index (χ1n) is 2.28. The predicted molar refractivity (Wildman–Crippen MR) is 32.2 cm³/mol. The topological polar surface area (TPSA) is 61.7 Å². The van der Waals surface area contributed by atoms with Crippen molar-refractivity contribution in [2.75, 3.05) is 6.26 Å². The Morgan fingerprint density at radius 1 is 1.56 bits per heavy atom. The smallest absolute Gasteiger partial charge is 0.361 e. The second-order valence-corrected chi connectivity index (χ2v) is 2.65. The largest absolute Gasteiger partial charge is 0.609 e. The predicted octanol–water partition coefficient (Wildman–Crippen LogP) is -0.391. The highest BCUT2D eigenvalue weighted by molar-refractivity contribution is 7.90. The van der Waals surface area contributed by atoms with Crippen LogP contribution >= 0.6 is 0 Å². The van der Waals surface area contributed by atoms with E-state index in [1.165, 1.54) is 18.6 Å². The second kappa shape index (κ2) is 2.75.